The zero-order chi connectivity index (χ0) is 33.8. The van der Waals surface area contributed by atoms with E-state index in [9.17, 15) is 34.2 Å². The molecular weight excluding hydrogens is 604 g/mol. The fourth-order valence-corrected chi connectivity index (χ4v) is 11.3. The highest BCUT2D eigenvalue weighted by atomic mass is 16.6. The molecule has 252 valence electrons. The van der Waals surface area contributed by atoms with E-state index in [1.54, 1.807) is 19.9 Å². The minimum absolute atomic E-state index is 0.0233. The standard InChI is InChI=1S/C33H42O13/c1-15(34)43-23(28(38)41-7)24-30(5)14-32(39)22(26(30)44-16(2)35)27(45-17(3)36)33(40)19(31(24,32)6)8-10-29(4)20(33)12-21(37)46-25(29)18-9-11-42-13-18/h9,11,13,19-20,22-27,39-40H,8,10,12,14H2,1-7H3/t19-,20-,22-,23+,24+,25+,26-,27-,29-,30+,31-,32+,33-/m1/s1. The van der Waals surface area contributed by atoms with Crippen LogP contribution in [-0.4, -0.2) is 76.7 Å². The fourth-order valence-electron chi connectivity index (χ4n) is 11.3. The van der Waals surface area contributed by atoms with Crippen LogP contribution in [0.25, 0.3) is 0 Å². The van der Waals surface area contributed by atoms with Gasteiger partial charge in [-0.25, -0.2) is 4.79 Å². The summed E-state index contributed by atoms with van der Waals surface area (Å²) in [7, 11) is 1.15. The highest BCUT2D eigenvalue weighted by Gasteiger charge is 2.90. The molecule has 1 aliphatic heterocycles. The zero-order valence-electron chi connectivity index (χ0n) is 27.1. The molecule has 0 unspecified atom stereocenters. The molecule has 0 radical (unpaired) electrons. The molecule has 4 saturated carbocycles. The van der Waals surface area contributed by atoms with E-state index >= 15 is 0 Å². The van der Waals surface area contributed by atoms with Gasteiger partial charge in [-0.1, -0.05) is 20.8 Å². The molecule has 1 saturated heterocycles. The van der Waals surface area contributed by atoms with Crippen LogP contribution in [0, 0.1) is 39.9 Å². The number of carbonyl (C=O) groups is 5. The summed E-state index contributed by atoms with van der Waals surface area (Å²) < 4.78 is 33.9. The lowest BCUT2D eigenvalue weighted by atomic mass is 9.36. The summed E-state index contributed by atoms with van der Waals surface area (Å²) >= 11 is 0. The van der Waals surface area contributed by atoms with Crippen molar-refractivity contribution in [1.29, 1.82) is 0 Å². The number of esters is 5. The third kappa shape index (κ3) is 3.96. The molecule has 0 spiro atoms. The maximum atomic E-state index is 13.4. The Morgan fingerprint density at radius 3 is 2.17 bits per heavy atom. The van der Waals surface area contributed by atoms with Crippen molar-refractivity contribution < 1.29 is 62.3 Å². The largest absolute Gasteiger partial charge is 0.472 e. The molecule has 2 bridgehead atoms. The summed E-state index contributed by atoms with van der Waals surface area (Å²) in [6.07, 6.45) is -1.63. The fraction of sp³-hybridized carbons (Fsp3) is 0.727. The summed E-state index contributed by atoms with van der Waals surface area (Å²) in [6.45, 7) is 8.93. The van der Waals surface area contributed by atoms with Crippen molar-refractivity contribution in [2.24, 2.45) is 39.9 Å². The van der Waals surface area contributed by atoms with E-state index < -0.39 is 105 Å². The normalized spacial score (nSPS) is 45.8. The number of hydrogen-bond acceptors (Lipinski definition) is 13. The van der Waals surface area contributed by atoms with Crippen molar-refractivity contribution in [3.63, 3.8) is 0 Å². The first-order chi connectivity index (χ1) is 21.4. The second-order valence-electron chi connectivity index (χ2n) is 14.7. The van der Waals surface area contributed by atoms with Crippen LogP contribution in [0.4, 0.5) is 0 Å². The van der Waals surface area contributed by atoms with Crippen LogP contribution in [0.5, 0.6) is 0 Å². The van der Waals surface area contributed by atoms with Crippen LogP contribution in [-0.2, 0) is 47.7 Å². The molecule has 1 aromatic rings. The topological polar surface area (TPSA) is 185 Å². The molecule has 2 heterocycles. The number of rotatable bonds is 6. The number of hydrogen-bond donors (Lipinski definition) is 2. The maximum absolute atomic E-state index is 13.4. The smallest absolute Gasteiger partial charge is 0.347 e. The highest BCUT2D eigenvalue weighted by Crippen LogP contribution is 2.81. The Hall–Kier alpha value is -3.45. The Morgan fingerprint density at radius 1 is 0.957 bits per heavy atom. The average Bonchev–Trinajstić information content (AvgIpc) is 3.60. The van der Waals surface area contributed by atoms with Gasteiger partial charge in [0.15, 0.2) is 0 Å². The van der Waals surface area contributed by atoms with Crippen molar-refractivity contribution in [2.75, 3.05) is 7.11 Å². The molecule has 1 aromatic heterocycles. The van der Waals surface area contributed by atoms with Gasteiger partial charge in [0.1, 0.15) is 23.9 Å². The quantitative estimate of drug-likeness (QED) is 0.339. The Labute approximate surface area is 266 Å². The number of methoxy groups -OCH3 is 1. The first kappa shape index (κ1) is 32.5. The molecular formula is C33H42O13. The van der Waals surface area contributed by atoms with Gasteiger partial charge in [-0.2, -0.15) is 0 Å². The summed E-state index contributed by atoms with van der Waals surface area (Å²) in [4.78, 5) is 64.7. The van der Waals surface area contributed by atoms with Gasteiger partial charge in [-0.15, -0.1) is 0 Å². The zero-order valence-corrected chi connectivity index (χ0v) is 27.1. The predicted molar refractivity (Wildman–Crippen MR) is 153 cm³/mol. The van der Waals surface area contributed by atoms with Gasteiger partial charge in [0.2, 0.25) is 6.10 Å². The average molecular weight is 647 g/mol. The van der Waals surface area contributed by atoms with Gasteiger partial charge >= 0.3 is 29.8 Å². The van der Waals surface area contributed by atoms with Crippen molar-refractivity contribution in [3.05, 3.63) is 24.2 Å². The maximum Gasteiger partial charge on any atom is 0.347 e. The summed E-state index contributed by atoms with van der Waals surface area (Å²) in [5, 5.41) is 26.4. The summed E-state index contributed by atoms with van der Waals surface area (Å²) in [5.74, 6) is -7.64. The van der Waals surface area contributed by atoms with Crippen molar-refractivity contribution in [3.8, 4) is 0 Å². The van der Waals surface area contributed by atoms with Crippen LogP contribution in [0.1, 0.15) is 78.9 Å². The van der Waals surface area contributed by atoms with Gasteiger partial charge in [0, 0.05) is 60.3 Å². The SMILES string of the molecule is COC(=O)[C@@H](OC(C)=O)[C@H]1[C@]2(C)C[C@]3(O)[C@H]([C@H]2OC(C)=O)[C@@H](OC(C)=O)[C@]2(O)[C@@H]4CC(=O)O[C@@H](c5ccoc5)[C@]4(C)CC[C@@H]2[C@]13C. The molecule has 2 N–H and O–H groups in total. The Balaban J connectivity index is 1.62. The third-order valence-electron chi connectivity index (χ3n) is 12.5. The lowest BCUT2D eigenvalue weighted by Crippen LogP contribution is -2.81. The van der Waals surface area contributed by atoms with Gasteiger partial charge in [-0.05, 0) is 25.3 Å². The van der Waals surface area contributed by atoms with Crippen molar-refractivity contribution in [2.45, 2.75) is 103 Å². The highest BCUT2D eigenvalue weighted by molar-refractivity contribution is 5.79. The van der Waals surface area contributed by atoms with Gasteiger partial charge in [-0.3, -0.25) is 19.2 Å². The Bertz CT molecular complexity index is 1470. The number of carbonyl (C=O) groups excluding carboxylic acids is 5. The minimum atomic E-state index is -2.01. The van der Waals surface area contributed by atoms with E-state index in [1.165, 1.54) is 26.4 Å². The summed E-state index contributed by atoms with van der Waals surface area (Å²) in [5.41, 5.74) is -6.72. The van der Waals surface area contributed by atoms with Crippen molar-refractivity contribution in [1.82, 2.24) is 0 Å². The van der Waals surface area contributed by atoms with Crippen LogP contribution in [0.3, 0.4) is 0 Å². The van der Waals surface area contributed by atoms with Gasteiger partial charge < -0.3 is 38.3 Å². The van der Waals surface area contributed by atoms with Gasteiger partial charge in [0.05, 0.1) is 37.6 Å². The second-order valence-corrected chi connectivity index (χ2v) is 14.7. The monoisotopic (exact) mass is 646 g/mol. The first-order valence-corrected chi connectivity index (χ1v) is 15.7. The van der Waals surface area contributed by atoms with E-state index in [0.29, 0.717) is 12.0 Å². The van der Waals surface area contributed by atoms with Crippen molar-refractivity contribution >= 4 is 29.8 Å². The first-order valence-electron chi connectivity index (χ1n) is 15.7. The molecule has 13 atom stereocenters. The molecule has 0 amide bonds. The third-order valence-corrected chi connectivity index (χ3v) is 12.5. The molecule has 13 nitrogen and oxygen atoms in total. The summed E-state index contributed by atoms with van der Waals surface area (Å²) in [6, 6.07) is 1.69. The number of fused-ring (bicyclic) bond motifs is 5. The van der Waals surface area contributed by atoms with E-state index in [0.717, 1.165) is 14.0 Å². The Kier molecular flexibility index (Phi) is 7.26. The Morgan fingerprint density at radius 2 is 1.61 bits per heavy atom. The number of ether oxygens (including phenoxy) is 5. The van der Waals surface area contributed by atoms with E-state index in [-0.39, 0.29) is 19.3 Å². The van der Waals surface area contributed by atoms with Crippen LogP contribution in [0.2, 0.25) is 0 Å². The number of cyclic esters (lactones) is 1. The second kappa shape index (κ2) is 10.3. The molecule has 6 rings (SSSR count). The molecule has 0 aromatic carbocycles. The lowest BCUT2D eigenvalue weighted by Gasteiger charge is -2.72. The molecule has 5 fully saturated rings. The number of furan rings is 1. The van der Waals surface area contributed by atoms with Crippen LogP contribution < -0.4 is 0 Å². The molecule has 4 aliphatic carbocycles. The van der Waals surface area contributed by atoms with E-state index in [2.05, 4.69) is 0 Å². The molecule has 46 heavy (non-hydrogen) atoms. The molecule has 13 heteroatoms. The lowest BCUT2D eigenvalue weighted by molar-refractivity contribution is -0.358. The van der Waals surface area contributed by atoms with E-state index in [1.807, 2.05) is 6.92 Å². The minimum Gasteiger partial charge on any atom is -0.472 e. The van der Waals surface area contributed by atoms with E-state index in [4.69, 9.17) is 28.1 Å². The van der Waals surface area contributed by atoms with Crippen LogP contribution >= 0.6 is 0 Å². The predicted octanol–water partition coefficient (Wildman–Crippen LogP) is 2.41. The van der Waals surface area contributed by atoms with Crippen LogP contribution in [0.15, 0.2) is 23.0 Å². The van der Waals surface area contributed by atoms with Gasteiger partial charge in [0.25, 0.3) is 0 Å². The number of aliphatic hydroxyl groups is 2. The molecule has 5 aliphatic rings.